The Hall–Kier alpha value is -1.19. The van der Waals surface area contributed by atoms with Gasteiger partial charge in [0, 0.05) is 19.6 Å². The lowest BCUT2D eigenvalue weighted by atomic mass is 10.1. The lowest BCUT2D eigenvalue weighted by Crippen LogP contribution is -2.40. The van der Waals surface area contributed by atoms with E-state index in [1.54, 1.807) is 24.3 Å². The van der Waals surface area contributed by atoms with Crippen LogP contribution in [0.1, 0.15) is 25.3 Å². The van der Waals surface area contributed by atoms with E-state index in [0.717, 1.165) is 12.0 Å². The molecule has 0 saturated carbocycles. The second-order valence-corrected chi connectivity index (χ2v) is 7.71. The van der Waals surface area contributed by atoms with E-state index in [0.29, 0.717) is 39.3 Å². The summed E-state index contributed by atoms with van der Waals surface area (Å²) in [5.74, 6) is -0.193. The summed E-state index contributed by atoms with van der Waals surface area (Å²) in [5, 5.41) is 2.76. The number of amides is 1. The van der Waals surface area contributed by atoms with Gasteiger partial charge in [0.15, 0.2) is 0 Å². The molecule has 142 valence electrons. The number of benzene rings is 1. The van der Waals surface area contributed by atoms with Crippen molar-refractivity contribution in [3.63, 3.8) is 0 Å². The van der Waals surface area contributed by atoms with Gasteiger partial charge in [-0.15, -0.1) is 12.4 Å². The molecule has 7 nitrogen and oxygen atoms in total. The second kappa shape index (κ2) is 10.1. The standard InChI is InChI=1S/C16H25N3O4S.ClH/c1-2-3-15(17)16(20)18-12-13-4-6-14(7-5-13)24(21,22)19-8-10-23-11-9-19;/h4-7,15H,2-3,8-12,17H2,1H3,(H,18,20);1H. The zero-order valence-electron chi connectivity index (χ0n) is 14.3. The monoisotopic (exact) mass is 391 g/mol. The average Bonchev–Trinajstić information content (AvgIpc) is 2.61. The first-order chi connectivity index (χ1) is 11.4. The van der Waals surface area contributed by atoms with Gasteiger partial charge in [-0.05, 0) is 24.1 Å². The predicted molar refractivity (Wildman–Crippen MR) is 98.0 cm³/mol. The minimum Gasteiger partial charge on any atom is -0.379 e. The summed E-state index contributed by atoms with van der Waals surface area (Å²) in [6.07, 6.45) is 1.49. The van der Waals surface area contributed by atoms with Gasteiger partial charge in [-0.1, -0.05) is 25.5 Å². The van der Waals surface area contributed by atoms with Crippen LogP contribution < -0.4 is 11.1 Å². The van der Waals surface area contributed by atoms with Crippen molar-refractivity contribution in [3.8, 4) is 0 Å². The number of halogens is 1. The van der Waals surface area contributed by atoms with Crippen LogP contribution in [-0.2, 0) is 26.1 Å². The molecule has 2 rings (SSSR count). The van der Waals surface area contributed by atoms with Gasteiger partial charge >= 0.3 is 0 Å². The Bertz CT molecular complexity index is 646. The molecule has 1 amide bonds. The predicted octanol–water partition coefficient (Wildman–Crippen LogP) is 0.873. The highest BCUT2D eigenvalue weighted by Crippen LogP contribution is 2.17. The number of hydrogen-bond donors (Lipinski definition) is 2. The second-order valence-electron chi connectivity index (χ2n) is 5.77. The van der Waals surface area contributed by atoms with E-state index in [4.69, 9.17) is 10.5 Å². The third-order valence-corrected chi connectivity index (χ3v) is 5.85. The zero-order chi connectivity index (χ0) is 17.6. The SMILES string of the molecule is CCCC(N)C(=O)NCc1ccc(S(=O)(=O)N2CCOCC2)cc1.Cl. The summed E-state index contributed by atoms with van der Waals surface area (Å²) >= 11 is 0. The molecule has 1 atom stereocenters. The van der Waals surface area contributed by atoms with Crippen molar-refractivity contribution in [2.24, 2.45) is 5.73 Å². The summed E-state index contributed by atoms with van der Waals surface area (Å²) in [5.41, 5.74) is 6.58. The molecule has 1 saturated heterocycles. The van der Waals surface area contributed by atoms with Gasteiger partial charge in [-0.2, -0.15) is 4.31 Å². The number of rotatable bonds is 7. The van der Waals surface area contributed by atoms with Crippen molar-refractivity contribution in [3.05, 3.63) is 29.8 Å². The van der Waals surface area contributed by atoms with E-state index < -0.39 is 16.1 Å². The van der Waals surface area contributed by atoms with E-state index in [1.165, 1.54) is 4.31 Å². The summed E-state index contributed by atoms with van der Waals surface area (Å²) in [6.45, 7) is 3.88. The van der Waals surface area contributed by atoms with E-state index in [1.807, 2.05) is 6.92 Å². The first-order valence-corrected chi connectivity index (χ1v) is 9.59. The minimum atomic E-state index is -3.48. The van der Waals surface area contributed by atoms with Crippen LogP contribution in [0.3, 0.4) is 0 Å². The van der Waals surface area contributed by atoms with Gasteiger partial charge in [0.25, 0.3) is 0 Å². The molecule has 25 heavy (non-hydrogen) atoms. The zero-order valence-corrected chi connectivity index (χ0v) is 15.9. The molecule has 0 aliphatic carbocycles. The molecule has 1 aliphatic rings. The van der Waals surface area contributed by atoms with Crippen LogP contribution in [0.15, 0.2) is 29.2 Å². The molecule has 9 heteroatoms. The molecule has 1 aliphatic heterocycles. The van der Waals surface area contributed by atoms with Gasteiger partial charge in [0.2, 0.25) is 15.9 Å². The Balaban J connectivity index is 0.00000312. The fourth-order valence-electron chi connectivity index (χ4n) is 2.48. The fourth-order valence-corrected chi connectivity index (χ4v) is 3.89. The summed E-state index contributed by atoms with van der Waals surface area (Å²) in [6, 6.07) is 6.05. The van der Waals surface area contributed by atoms with Crippen LogP contribution in [0, 0.1) is 0 Å². The molecule has 1 heterocycles. The van der Waals surface area contributed by atoms with Gasteiger partial charge in [-0.3, -0.25) is 4.79 Å². The Morgan fingerprint density at radius 3 is 2.44 bits per heavy atom. The average molecular weight is 392 g/mol. The number of carbonyl (C=O) groups excluding carboxylic acids is 1. The van der Waals surface area contributed by atoms with Crippen LogP contribution in [0.4, 0.5) is 0 Å². The van der Waals surface area contributed by atoms with E-state index in [-0.39, 0.29) is 23.2 Å². The fraction of sp³-hybridized carbons (Fsp3) is 0.562. The van der Waals surface area contributed by atoms with Crippen LogP contribution in [0.2, 0.25) is 0 Å². The lowest BCUT2D eigenvalue weighted by Gasteiger charge is -2.26. The largest absolute Gasteiger partial charge is 0.379 e. The van der Waals surface area contributed by atoms with E-state index in [9.17, 15) is 13.2 Å². The highest BCUT2D eigenvalue weighted by molar-refractivity contribution is 7.89. The van der Waals surface area contributed by atoms with Crippen LogP contribution in [-0.4, -0.2) is 51.0 Å². The number of sulfonamides is 1. The van der Waals surface area contributed by atoms with E-state index in [2.05, 4.69) is 5.32 Å². The lowest BCUT2D eigenvalue weighted by molar-refractivity contribution is -0.122. The summed E-state index contributed by atoms with van der Waals surface area (Å²) in [7, 11) is -3.48. The van der Waals surface area contributed by atoms with Crippen molar-refractivity contribution in [1.82, 2.24) is 9.62 Å². The molecule has 0 bridgehead atoms. The Morgan fingerprint density at radius 2 is 1.88 bits per heavy atom. The molecule has 1 fully saturated rings. The molecule has 0 radical (unpaired) electrons. The molecular formula is C16H26ClN3O4S. The molecule has 1 aromatic carbocycles. The summed E-state index contributed by atoms with van der Waals surface area (Å²) < 4.78 is 31.6. The highest BCUT2D eigenvalue weighted by atomic mass is 35.5. The number of morpholine rings is 1. The van der Waals surface area contributed by atoms with Gasteiger partial charge < -0.3 is 15.8 Å². The first-order valence-electron chi connectivity index (χ1n) is 8.15. The topological polar surface area (TPSA) is 102 Å². The van der Waals surface area contributed by atoms with Crippen LogP contribution in [0.25, 0.3) is 0 Å². The van der Waals surface area contributed by atoms with Crippen molar-refractivity contribution in [1.29, 1.82) is 0 Å². The van der Waals surface area contributed by atoms with Crippen molar-refractivity contribution in [2.75, 3.05) is 26.3 Å². The molecule has 0 spiro atoms. The third-order valence-electron chi connectivity index (χ3n) is 3.93. The number of hydrogen-bond acceptors (Lipinski definition) is 5. The molecular weight excluding hydrogens is 366 g/mol. The maximum Gasteiger partial charge on any atom is 0.243 e. The quantitative estimate of drug-likeness (QED) is 0.718. The van der Waals surface area contributed by atoms with Crippen LogP contribution >= 0.6 is 12.4 Å². The van der Waals surface area contributed by atoms with Crippen LogP contribution in [0.5, 0.6) is 0 Å². The Labute approximate surface area is 155 Å². The molecule has 1 unspecified atom stereocenters. The maximum atomic E-state index is 12.5. The number of nitrogens with zero attached hydrogens (tertiary/aromatic N) is 1. The number of carbonyl (C=O) groups is 1. The van der Waals surface area contributed by atoms with Gasteiger partial charge in [0.05, 0.1) is 24.2 Å². The third kappa shape index (κ3) is 5.93. The molecule has 3 N–H and O–H groups in total. The molecule has 1 aromatic rings. The van der Waals surface area contributed by atoms with E-state index >= 15 is 0 Å². The Morgan fingerprint density at radius 1 is 1.28 bits per heavy atom. The Kier molecular flexibility index (Phi) is 8.81. The smallest absolute Gasteiger partial charge is 0.243 e. The maximum absolute atomic E-state index is 12.5. The molecule has 0 aromatic heterocycles. The number of nitrogens with two attached hydrogens (primary N) is 1. The normalized spacial score (nSPS) is 16.7. The van der Waals surface area contributed by atoms with Gasteiger partial charge in [-0.25, -0.2) is 8.42 Å². The van der Waals surface area contributed by atoms with Crippen molar-refractivity contribution >= 4 is 28.3 Å². The summed E-state index contributed by atoms with van der Waals surface area (Å²) in [4.78, 5) is 12.0. The highest BCUT2D eigenvalue weighted by Gasteiger charge is 2.26. The number of nitrogens with one attached hydrogen (secondary N) is 1. The van der Waals surface area contributed by atoms with Crippen molar-refractivity contribution < 1.29 is 17.9 Å². The number of ether oxygens (including phenoxy) is 1. The first kappa shape index (κ1) is 21.9. The minimum absolute atomic E-state index is 0. The van der Waals surface area contributed by atoms with Crippen molar-refractivity contribution in [2.45, 2.75) is 37.2 Å². The van der Waals surface area contributed by atoms with Gasteiger partial charge in [0.1, 0.15) is 0 Å².